The van der Waals surface area contributed by atoms with Gasteiger partial charge in [-0.25, -0.2) is 18.5 Å². The van der Waals surface area contributed by atoms with Gasteiger partial charge in [-0.3, -0.25) is 4.57 Å². The van der Waals surface area contributed by atoms with E-state index in [9.17, 15) is 8.42 Å². The van der Waals surface area contributed by atoms with Crippen LogP contribution in [-0.2, 0) is 28.4 Å². The van der Waals surface area contributed by atoms with E-state index in [1.54, 1.807) is 24.1 Å². The van der Waals surface area contributed by atoms with Crippen LogP contribution < -0.4 is 5.14 Å². The van der Waals surface area contributed by atoms with E-state index in [-0.39, 0.29) is 11.7 Å². The first kappa shape index (κ1) is 13.6. The summed E-state index contributed by atoms with van der Waals surface area (Å²) in [6, 6.07) is 0. The Hall–Kier alpha value is -1.78. The molecular formula is C9H14N6O3S. The first-order chi connectivity index (χ1) is 8.93. The standard InChI is InChI=1S/C9H14N6O3S/c1-14-5-7(11-6-14)8-12-13-9(19(10,16)17)15(8)3-4-18-2/h5-6H,3-4H2,1-2H3,(H2,10,16,17). The van der Waals surface area contributed by atoms with Gasteiger partial charge in [0, 0.05) is 20.4 Å². The zero-order chi connectivity index (χ0) is 14.0. The molecule has 0 saturated carbocycles. The van der Waals surface area contributed by atoms with Crippen LogP contribution in [0, 0.1) is 0 Å². The van der Waals surface area contributed by atoms with Crippen molar-refractivity contribution in [2.24, 2.45) is 12.2 Å². The number of hydrogen-bond donors (Lipinski definition) is 1. The molecule has 104 valence electrons. The molecule has 0 aliphatic carbocycles. The minimum Gasteiger partial charge on any atom is -0.383 e. The number of aryl methyl sites for hydroxylation is 1. The van der Waals surface area contributed by atoms with Crippen molar-refractivity contribution in [2.75, 3.05) is 13.7 Å². The van der Waals surface area contributed by atoms with Crippen LogP contribution in [-0.4, -0.2) is 46.5 Å². The highest BCUT2D eigenvalue weighted by Gasteiger charge is 2.22. The minimum absolute atomic E-state index is 0.265. The van der Waals surface area contributed by atoms with E-state index in [2.05, 4.69) is 15.2 Å². The molecule has 0 saturated heterocycles. The van der Waals surface area contributed by atoms with Crippen molar-refractivity contribution < 1.29 is 13.2 Å². The Kier molecular flexibility index (Phi) is 3.64. The first-order valence-electron chi connectivity index (χ1n) is 5.36. The van der Waals surface area contributed by atoms with Crippen LogP contribution in [0.5, 0.6) is 0 Å². The third-order valence-corrected chi connectivity index (χ3v) is 3.24. The molecule has 2 rings (SSSR count). The summed E-state index contributed by atoms with van der Waals surface area (Å²) >= 11 is 0. The molecule has 9 nitrogen and oxygen atoms in total. The van der Waals surface area contributed by atoms with Gasteiger partial charge < -0.3 is 9.30 Å². The molecule has 0 aliphatic heterocycles. The van der Waals surface area contributed by atoms with Gasteiger partial charge in [0.05, 0.1) is 19.5 Å². The molecule has 19 heavy (non-hydrogen) atoms. The first-order valence-corrected chi connectivity index (χ1v) is 6.91. The van der Waals surface area contributed by atoms with Crippen LogP contribution in [0.1, 0.15) is 0 Å². The number of primary sulfonamides is 1. The van der Waals surface area contributed by atoms with E-state index in [1.165, 1.54) is 11.7 Å². The van der Waals surface area contributed by atoms with Crippen molar-refractivity contribution in [3.63, 3.8) is 0 Å². The number of methoxy groups -OCH3 is 1. The summed E-state index contributed by atoms with van der Waals surface area (Å²) < 4.78 is 31.0. The molecule has 0 spiro atoms. The Morgan fingerprint density at radius 1 is 1.42 bits per heavy atom. The van der Waals surface area contributed by atoms with E-state index in [4.69, 9.17) is 9.88 Å². The van der Waals surface area contributed by atoms with E-state index in [1.807, 2.05) is 0 Å². The van der Waals surface area contributed by atoms with E-state index < -0.39 is 10.0 Å². The number of sulfonamides is 1. The SMILES string of the molecule is COCCn1c(-c2cn(C)cn2)nnc1S(N)(=O)=O. The van der Waals surface area contributed by atoms with E-state index in [0.717, 1.165) is 0 Å². The van der Waals surface area contributed by atoms with E-state index in [0.29, 0.717) is 18.1 Å². The van der Waals surface area contributed by atoms with E-state index >= 15 is 0 Å². The number of ether oxygens (including phenoxy) is 1. The van der Waals surface area contributed by atoms with Gasteiger partial charge >= 0.3 is 0 Å². The van der Waals surface area contributed by atoms with Crippen molar-refractivity contribution in [1.82, 2.24) is 24.3 Å². The normalized spacial score (nSPS) is 11.9. The Balaban J connectivity index is 2.52. The van der Waals surface area contributed by atoms with Crippen LogP contribution in [0.4, 0.5) is 0 Å². The topological polar surface area (TPSA) is 118 Å². The maximum absolute atomic E-state index is 11.5. The number of aromatic nitrogens is 5. The second kappa shape index (κ2) is 5.07. The van der Waals surface area contributed by atoms with Crippen molar-refractivity contribution in [1.29, 1.82) is 0 Å². The maximum atomic E-state index is 11.5. The second-order valence-corrected chi connectivity index (χ2v) is 5.38. The van der Waals surface area contributed by atoms with Gasteiger partial charge in [-0.05, 0) is 0 Å². The molecule has 0 amide bonds. The Morgan fingerprint density at radius 3 is 2.68 bits per heavy atom. The monoisotopic (exact) mass is 286 g/mol. The summed E-state index contributed by atoms with van der Waals surface area (Å²) in [5.74, 6) is 0.335. The predicted molar refractivity (Wildman–Crippen MR) is 65.5 cm³/mol. The Morgan fingerprint density at radius 2 is 2.16 bits per heavy atom. The summed E-state index contributed by atoms with van der Waals surface area (Å²) in [6.45, 7) is 0.571. The molecule has 10 heteroatoms. The third kappa shape index (κ3) is 2.80. The molecule has 0 aliphatic rings. The molecule has 0 unspecified atom stereocenters. The van der Waals surface area contributed by atoms with Gasteiger partial charge in [-0.1, -0.05) is 0 Å². The smallest absolute Gasteiger partial charge is 0.273 e. The average molecular weight is 286 g/mol. The van der Waals surface area contributed by atoms with Gasteiger partial charge in [0.25, 0.3) is 15.2 Å². The summed E-state index contributed by atoms with van der Waals surface area (Å²) in [7, 11) is -0.631. The summed E-state index contributed by atoms with van der Waals surface area (Å²) in [5.41, 5.74) is 0.515. The molecule has 2 N–H and O–H groups in total. The number of hydrogen-bond acceptors (Lipinski definition) is 6. The molecule has 2 heterocycles. The van der Waals surface area contributed by atoms with Crippen LogP contribution in [0.25, 0.3) is 11.5 Å². The lowest BCUT2D eigenvalue weighted by atomic mass is 10.4. The average Bonchev–Trinajstić information content (AvgIpc) is 2.91. The molecule has 0 radical (unpaired) electrons. The number of rotatable bonds is 5. The number of imidazole rings is 1. The molecule has 0 atom stereocenters. The largest absolute Gasteiger partial charge is 0.383 e. The van der Waals surface area contributed by atoms with Crippen LogP contribution in [0.3, 0.4) is 0 Å². The van der Waals surface area contributed by atoms with Crippen LogP contribution in [0.2, 0.25) is 0 Å². The maximum Gasteiger partial charge on any atom is 0.273 e. The highest BCUT2D eigenvalue weighted by molar-refractivity contribution is 7.89. The van der Waals surface area contributed by atoms with Gasteiger partial charge in [0.2, 0.25) is 0 Å². The molecule has 2 aromatic rings. The fourth-order valence-electron chi connectivity index (χ4n) is 1.60. The zero-order valence-electron chi connectivity index (χ0n) is 10.5. The molecule has 0 bridgehead atoms. The highest BCUT2D eigenvalue weighted by atomic mass is 32.2. The molecule has 0 fully saturated rings. The number of nitrogens with zero attached hydrogens (tertiary/aromatic N) is 5. The van der Waals surface area contributed by atoms with Crippen molar-refractivity contribution >= 4 is 10.0 Å². The van der Waals surface area contributed by atoms with Gasteiger partial charge in [-0.2, -0.15) is 0 Å². The van der Waals surface area contributed by atoms with Crippen molar-refractivity contribution in [3.05, 3.63) is 12.5 Å². The van der Waals surface area contributed by atoms with Gasteiger partial charge in [-0.15, -0.1) is 10.2 Å². The van der Waals surface area contributed by atoms with Crippen molar-refractivity contribution in [2.45, 2.75) is 11.7 Å². The lowest BCUT2D eigenvalue weighted by molar-refractivity contribution is 0.185. The van der Waals surface area contributed by atoms with Gasteiger partial charge in [0.15, 0.2) is 5.82 Å². The predicted octanol–water partition coefficient (Wildman–Crippen LogP) is -1.03. The molecular weight excluding hydrogens is 272 g/mol. The lowest BCUT2D eigenvalue weighted by Crippen LogP contribution is -2.20. The summed E-state index contributed by atoms with van der Waals surface area (Å²) in [4.78, 5) is 4.11. The second-order valence-electron chi connectivity index (χ2n) is 3.92. The molecule has 0 aromatic carbocycles. The highest BCUT2D eigenvalue weighted by Crippen LogP contribution is 2.17. The van der Waals surface area contributed by atoms with Crippen LogP contribution in [0.15, 0.2) is 17.7 Å². The Labute approximate surface area is 110 Å². The van der Waals surface area contributed by atoms with Crippen LogP contribution >= 0.6 is 0 Å². The fourth-order valence-corrected chi connectivity index (χ4v) is 2.24. The lowest BCUT2D eigenvalue weighted by Gasteiger charge is -2.06. The van der Waals surface area contributed by atoms with Crippen molar-refractivity contribution in [3.8, 4) is 11.5 Å². The quantitative estimate of drug-likeness (QED) is 0.751. The summed E-state index contributed by atoms with van der Waals surface area (Å²) in [5, 5.41) is 12.3. The van der Waals surface area contributed by atoms with Gasteiger partial charge in [0.1, 0.15) is 5.69 Å². The zero-order valence-corrected chi connectivity index (χ0v) is 11.3. The third-order valence-electron chi connectivity index (χ3n) is 2.42. The Bertz CT molecular complexity index is 674. The minimum atomic E-state index is -3.95. The number of nitrogens with two attached hydrogens (primary N) is 1. The summed E-state index contributed by atoms with van der Waals surface area (Å²) in [6.07, 6.45) is 3.29. The molecule has 2 aromatic heterocycles. The fraction of sp³-hybridized carbons (Fsp3) is 0.444.